The second kappa shape index (κ2) is 2.69. The molecule has 0 atom stereocenters. The third-order valence-electron chi connectivity index (χ3n) is 2.12. The van der Waals surface area contributed by atoms with E-state index in [1.807, 2.05) is 23.1 Å². The van der Waals surface area contributed by atoms with Gasteiger partial charge in [-0.1, -0.05) is 4.98 Å². The van der Waals surface area contributed by atoms with Crippen molar-refractivity contribution in [2.45, 2.75) is 13.5 Å². The summed E-state index contributed by atoms with van der Waals surface area (Å²) < 4.78 is 3.72. The summed E-state index contributed by atoms with van der Waals surface area (Å²) in [6.07, 6.45) is 3.45. The van der Waals surface area contributed by atoms with E-state index in [2.05, 4.69) is 9.97 Å². The quantitative estimate of drug-likeness (QED) is 0.618. The standard InChI is InChI=1S/C8H11N5/c1-3-13-5-11-8-6(7(13)9)10-4-12(8)2/h4-5,9H,3H2,1-2H3/p+1. The number of nitrogen functional groups attached to an aromatic ring is 1. The van der Waals surface area contributed by atoms with E-state index >= 15 is 0 Å². The molecule has 0 amide bonds. The molecule has 13 heavy (non-hydrogen) atoms. The second-order valence-corrected chi connectivity index (χ2v) is 2.94. The Morgan fingerprint density at radius 3 is 3.00 bits per heavy atom. The van der Waals surface area contributed by atoms with Gasteiger partial charge in [-0.3, -0.25) is 0 Å². The van der Waals surface area contributed by atoms with Crippen molar-refractivity contribution in [2.75, 3.05) is 5.73 Å². The number of anilines is 1. The van der Waals surface area contributed by atoms with Gasteiger partial charge in [0.25, 0.3) is 5.82 Å². The van der Waals surface area contributed by atoms with Crippen LogP contribution in [0.5, 0.6) is 0 Å². The van der Waals surface area contributed by atoms with Gasteiger partial charge in [0.05, 0.1) is 12.9 Å². The van der Waals surface area contributed by atoms with Gasteiger partial charge in [0.2, 0.25) is 12.0 Å². The minimum Gasteiger partial charge on any atom is -0.317 e. The molecule has 0 fully saturated rings. The molecule has 0 aliphatic rings. The van der Waals surface area contributed by atoms with E-state index in [0.717, 1.165) is 17.7 Å². The average molecular weight is 178 g/mol. The SMILES string of the molecule is CC[n+]1cnc2c(ncn2C)c1N. The molecule has 0 saturated carbocycles. The molecular weight excluding hydrogens is 166 g/mol. The Bertz CT molecular complexity index is 445. The Morgan fingerprint density at radius 1 is 1.54 bits per heavy atom. The Labute approximate surface area is 75.8 Å². The lowest BCUT2D eigenvalue weighted by molar-refractivity contribution is -0.681. The van der Waals surface area contributed by atoms with Gasteiger partial charge >= 0.3 is 0 Å². The third kappa shape index (κ3) is 1.04. The largest absolute Gasteiger partial charge is 0.317 e. The first-order valence-corrected chi connectivity index (χ1v) is 4.19. The van der Waals surface area contributed by atoms with E-state index in [1.165, 1.54) is 0 Å². The van der Waals surface area contributed by atoms with Gasteiger partial charge in [-0.05, 0) is 6.92 Å². The lowest BCUT2D eigenvalue weighted by Crippen LogP contribution is -2.36. The molecule has 2 aromatic heterocycles. The highest BCUT2D eigenvalue weighted by Gasteiger charge is 2.13. The molecule has 0 unspecified atom stereocenters. The molecule has 2 heterocycles. The van der Waals surface area contributed by atoms with Gasteiger partial charge in [0.15, 0.2) is 5.52 Å². The van der Waals surface area contributed by atoms with E-state index in [4.69, 9.17) is 5.73 Å². The maximum atomic E-state index is 5.89. The molecule has 68 valence electrons. The monoisotopic (exact) mass is 178 g/mol. The number of nitrogens with zero attached hydrogens (tertiary/aromatic N) is 4. The van der Waals surface area contributed by atoms with Crippen LogP contribution in [0.1, 0.15) is 6.92 Å². The smallest absolute Gasteiger partial charge is 0.250 e. The van der Waals surface area contributed by atoms with Crippen LogP contribution in [0.3, 0.4) is 0 Å². The van der Waals surface area contributed by atoms with Crippen LogP contribution >= 0.6 is 0 Å². The zero-order valence-electron chi connectivity index (χ0n) is 7.73. The van der Waals surface area contributed by atoms with Crippen LogP contribution in [-0.4, -0.2) is 14.5 Å². The van der Waals surface area contributed by atoms with Crippen molar-refractivity contribution >= 4 is 17.0 Å². The van der Waals surface area contributed by atoms with Crippen molar-refractivity contribution in [3.05, 3.63) is 12.7 Å². The number of aryl methyl sites for hydroxylation is 2. The minimum atomic E-state index is 0.674. The van der Waals surface area contributed by atoms with Crippen LogP contribution < -0.4 is 10.3 Å². The Balaban J connectivity index is 2.80. The first-order valence-electron chi connectivity index (χ1n) is 4.19. The summed E-state index contributed by atoms with van der Waals surface area (Å²) in [7, 11) is 1.90. The van der Waals surface area contributed by atoms with Crippen molar-refractivity contribution in [1.82, 2.24) is 14.5 Å². The first kappa shape index (κ1) is 7.97. The number of fused-ring (bicyclic) bond motifs is 1. The maximum absolute atomic E-state index is 5.89. The summed E-state index contributed by atoms with van der Waals surface area (Å²) >= 11 is 0. The highest BCUT2D eigenvalue weighted by Crippen LogP contribution is 2.11. The van der Waals surface area contributed by atoms with E-state index in [0.29, 0.717) is 5.82 Å². The molecule has 0 spiro atoms. The number of hydrogen-bond donors (Lipinski definition) is 1. The van der Waals surface area contributed by atoms with Crippen LogP contribution in [0.15, 0.2) is 12.7 Å². The van der Waals surface area contributed by atoms with Crippen molar-refractivity contribution < 1.29 is 4.57 Å². The molecular formula is C8H12N5+. The lowest BCUT2D eigenvalue weighted by atomic mass is 10.5. The molecule has 0 aliphatic carbocycles. The number of nitrogens with two attached hydrogens (primary N) is 1. The van der Waals surface area contributed by atoms with E-state index in [9.17, 15) is 0 Å². The molecule has 0 aliphatic heterocycles. The Kier molecular flexibility index (Phi) is 1.65. The average Bonchev–Trinajstić information content (AvgIpc) is 2.50. The highest BCUT2D eigenvalue weighted by atomic mass is 15.2. The van der Waals surface area contributed by atoms with Crippen LogP contribution in [0.2, 0.25) is 0 Å². The topological polar surface area (TPSA) is 60.6 Å². The second-order valence-electron chi connectivity index (χ2n) is 2.94. The van der Waals surface area contributed by atoms with Crippen LogP contribution in [-0.2, 0) is 13.6 Å². The molecule has 0 saturated heterocycles. The maximum Gasteiger partial charge on any atom is 0.250 e. The summed E-state index contributed by atoms with van der Waals surface area (Å²) in [5.41, 5.74) is 7.48. The number of rotatable bonds is 1. The minimum absolute atomic E-state index is 0.674. The Hall–Kier alpha value is -1.65. The molecule has 2 aromatic rings. The van der Waals surface area contributed by atoms with E-state index in [-0.39, 0.29) is 0 Å². The molecule has 0 radical (unpaired) electrons. The van der Waals surface area contributed by atoms with Gasteiger partial charge in [0.1, 0.15) is 0 Å². The fraction of sp³-hybridized carbons (Fsp3) is 0.375. The van der Waals surface area contributed by atoms with Gasteiger partial charge in [0, 0.05) is 7.05 Å². The van der Waals surface area contributed by atoms with Crippen molar-refractivity contribution in [2.24, 2.45) is 7.05 Å². The predicted octanol–water partition coefficient (Wildman–Crippen LogP) is -0.142. The van der Waals surface area contributed by atoms with E-state index in [1.54, 1.807) is 12.7 Å². The van der Waals surface area contributed by atoms with Crippen molar-refractivity contribution in [3.63, 3.8) is 0 Å². The van der Waals surface area contributed by atoms with Crippen molar-refractivity contribution in [1.29, 1.82) is 0 Å². The number of hydrogen-bond acceptors (Lipinski definition) is 3. The molecule has 0 aromatic carbocycles. The van der Waals surface area contributed by atoms with Crippen molar-refractivity contribution in [3.8, 4) is 0 Å². The molecule has 5 heteroatoms. The van der Waals surface area contributed by atoms with Gasteiger partial charge in [-0.25, -0.2) is 9.55 Å². The summed E-state index contributed by atoms with van der Waals surface area (Å²) in [5.74, 6) is 0.674. The molecule has 2 rings (SSSR count). The van der Waals surface area contributed by atoms with Gasteiger partial charge < -0.3 is 10.3 Å². The zero-order chi connectivity index (χ0) is 9.42. The normalized spacial score (nSPS) is 10.9. The van der Waals surface area contributed by atoms with Crippen LogP contribution in [0.4, 0.5) is 5.82 Å². The third-order valence-corrected chi connectivity index (χ3v) is 2.12. The van der Waals surface area contributed by atoms with E-state index < -0.39 is 0 Å². The van der Waals surface area contributed by atoms with Gasteiger partial charge in [-0.2, -0.15) is 0 Å². The number of imidazole rings is 1. The predicted molar refractivity (Wildman–Crippen MR) is 48.8 cm³/mol. The summed E-state index contributed by atoms with van der Waals surface area (Å²) in [5, 5.41) is 0. The fourth-order valence-corrected chi connectivity index (χ4v) is 1.33. The summed E-state index contributed by atoms with van der Waals surface area (Å²) in [4.78, 5) is 8.44. The van der Waals surface area contributed by atoms with Gasteiger partial charge in [-0.15, -0.1) is 0 Å². The molecule has 2 N–H and O–H groups in total. The zero-order valence-corrected chi connectivity index (χ0v) is 7.73. The summed E-state index contributed by atoms with van der Waals surface area (Å²) in [6, 6.07) is 0. The fourth-order valence-electron chi connectivity index (χ4n) is 1.33. The van der Waals surface area contributed by atoms with Crippen LogP contribution in [0, 0.1) is 0 Å². The van der Waals surface area contributed by atoms with Crippen LogP contribution in [0.25, 0.3) is 11.2 Å². The molecule has 0 bridgehead atoms. The Morgan fingerprint density at radius 2 is 2.31 bits per heavy atom. The first-order chi connectivity index (χ1) is 6.24. The summed E-state index contributed by atoms with van der Waals surface area (Å²) in [6.45, 7) is 2.83. The highest BCUT2D eigenvalue weighted by molar-refractivity contribution is 5.79. The lowest BCUT2D eigenvalue weighted by Gasteiger charge is -1.98. The number of aromatic nitrogens is 4. The molecule has 5 nitrogen and oxygen atoms in total.